The summed E-state index contributed by atoms with van der Waals surface area (Å²) in [7, 11) is 0. The van der Waals surface area contributed by atoms with Crippen molar-refractivity contribution in [2.24, 2.45) is 0 Å². The number of nitrogens with zero attached hydrogens (tertiary/aromatic N) is 1. The van der Waals surface area contributed by atoms with Crippen molar-refractivity contribution >= 4 is 5.91 Å². The molecular formula is C20H32N2O2. The average molecular weight is 332 g/mol. The first-order valence-electron chi connectivity index (χ1n) is 9.45. The molecule has 0 aliphatic carbocycles. The number of aryl methyl sites for hydroxylation is 1. The van der Waals surface area contributed by atoms with Crippen molar-refractivity contribution in [2.45, 2.75) is 58.5 Å². The summed E-state index contributed by atoms with van der Waals surface area (Å²) in [5.74, 6) is 0.781. The zero-order chi connectivity index (χ0) is 17.2. The molecule has 4 nitrogen and oxygen atoms in total. The molecule has 1 saturated heterocycles. The first-order valence-corrected chi connectivity index (χ1v) is 9.45. The highest BCUT2D eigenvalue weighted by Gasteiger charge is 2.15. The monoisotopic (exact) mass is 332 g/mol. The molecule has 0 aromatic heterocycles. The lowest BCUT2D eigenvalue weighted by atomic mass is 10.1. The Balaban J connectivity index is 1.68. The number of para-hydroxylation sites is 1. The Kier molecular flexibility index (Phi) is 8.10. The van der Waals surface area contributed by atoms with Crippen LogP contribution in [-0.4, -0.2) is 43.1 Å². The van der Waals surface area contributed by atoms with Crippen molar-refractivity contribution in [1.29, 1.82) is 0 Å². The molecule has 2 rings (SSSR count). The van der Waals surface area contributed by atoms with Crippen LogP contribution in [0.25, 0.3) is 0 Å². The minimum Gasteiger partial charge on any atom is -0.481 e. The molecule has 1 atom stereocenters. The Bertz CT molecular complexity index is 496. The van der Waals surface area contributed by atoms with E-state index in [-0.39, 0.29) is 5.91 Å². The van der Waals surface area contributed by atoms with Crippen LogP contribution in [0.5, 0.6) is 5.75 Å². The van der Waals surface area contributed by atoms with Crippen LogP contribution in [0.1, 0.15) is 51.5 Å². The van der Waals surface area contributed by atoms with Gasteiger partial charge in [-0.25, -0.2) is 0 Å². The molecule has 1 fully saturated rings. The van der Waals surface area contributed by atoms with Crippen molar-refractivity contribution in [3.63, 3.8) is 0 Å². The fourth-order valence-corrected chi connectivity index (χ4v) is 3.17. The topological polar surface area (TPSA) is 41.6 Å². The van der Waals surface area contributed by atoms with Crippen molar-refractivity contribution in [3.05, 3.63) is 29.8 Å². The SMILES string of the molecule is CCc1ccccc1O[C@H](C)C(=O)NCCCN1CCCCCC1. The number of ether oxygens (including phenoxy) is 1. The summed E-state index contributed by atoms with van der Waals surface area (Å²) in [6.07, 6.45) is 6.80. The van der Waals surface area contributed by atoms with Crippen LogP contribution >= 0.6 is 0 Å². The molecule has 0 bridgehead atoms. The summed E-state index contributed by atoms with van der Waals surface area (Å²) in [4.78, 5) is 14.7. The summed E-state index contributed by atoms with van der Waals surface area (Å²) in [5, 5.41) is 3.00. The molecule has 0 saturated carbocycles. The Morgan fingerprint density at radius 1 is 1.21 bits per heavy atom. The zero-order valence-electron chi connectivity index (χ0n) is 15.2. The standard InChI is InChI=1S/C20H32N2O2/c1-3-18-11-6-7-12-19(18)24-17(2)20(23)21-13-10-16-22-14-8-4-5-9-15-22/h6-7,11-12,17H,3-5,8-10,13-16H2,1-2H3,(H,21,23)/t17-/m1/s1. The molecule has 1 heterocycles. The number of carbonyl (C=O) groups is 1. The zero-order valence-corrected chi connectivity index (χ0v) is 15.2. The lowest BCUT2D eigenvalue weighted by Crippen LogP contribution is -2.38. The van der Waals surface area contributed by atoms with Gasteiger partial charge in [-0.1, -0.05) is 38.0 Å². The highest BCUT2D eigenvalue weighted by Crippen LogP contribution is 2.19. The van der Waals surface area contributed by atoms with E-state index in [0.29, 0.717) is 0 Å². The van der Waals surface area contributed by atoms with Crippen molar-refractivity contribution in [1.82, 2.24) is 10.2 Å². The number of nitrogens with one attached hydrogen (secondary N) is 1. The molecule has 0 spiro atoms. The molecule has 1 aromatic rings. The normalized spacial score (nSPS) is 17.1. The first kappa shape index (κ1) is 18.8. The third kappa shape index (κ3) is 6.16. The molecule has 4 heteroatoms. The van der Waals surface area contributed by atoms with Crippen LogP contribution in [-0.2, 0) is 11.2 Å². The maximum atomic E-state index is 12.2. The Morgan fingerprint density at radius 2 is 1.92 bits per heavy atom. The van der Waals surface area contributed by atoms with Gasteiger partial charge in [0, 0.05) is 6.54 Å². The molecule has 1 N–H and O–H groups in total. The van der Waals surface area contributed by atoms with Gasteiger partial charge in [-0.05, 0) is 63.9 Å². The molecule has 1 aliphatic rings. The molecule has 1 aliphatic heterocycles. The third-order valence-electron chi connectivity index (χ3n) is 4.68. The van der Waals surface area contributed by atoms with Gasteiger partial charge in [-0.15, -0.1) is 0 Å². The molecule has 1 aromatic carbocycles. The minimum atomic E-state index is -0.462. The van der Waals surface area contributed by atoms with E-state index in [1.165, 1.54) is 38.8 Å². The number of carbonyl (C=O) groups excluding carboxylic acids is 1. The molecule has 134 valence electrons. The van der Waals surface area contributed by atoms with E-state index in [2.05, 4.69) is 17.1 Å². The fourth-order valence-electron chi connectivity index (χ4n) is 3.17. The largest absolute Gasteiger partial charge is 0.481 e. The van der Waals surface area contributed by atoms with Gasteiger partial charge in [0.2, 0.25) is 0 Å². The number of amides is 1. The maximum absolute atomic E-state index is 12.2. The Morgan fingerprint density at radius 3 is 2.62 bits per heavy atom. The molecule has 24 heavy (non-hydrogen) atoms. The van der Waals surface area contributed by atoms with E-state index in [1.54, 1.807) is 0 Å². The highest BCUT2D eigenvalue weighted by atomic mass is 16.5. The van der Waals surface area contributed by atoms with Crippen molar-refractivity contribution < 1.29 is 9.53 Å². The van der Waals surface area contributed by atoms with Gasteiger partial charge in [0.1, 0.15) is 5.75 Å². The van der Waals surface area contributed by atoms with Gasteiger partial charge in [-0.3, -0.25) is 4.79 Å². The number of rotatable bonds is 8. The third-order valence-corrected chi connectivity index (χ3v) is 4.68. The fraction of sp³-hybridized carbons (Fsp3) is 0.650. The van der Waals surface area contributed by atoms with Crippen LogP contribution in [0.4, 0.5) is 0 Å². The second-order valence-electron chi connectivity index (χ2n) is 6.62. The molecular weight excluding hydrogens is 300 g/mol. The smallest absolute Gasteiger partial charge is 0.260 e. The lowest BCUT2D eigenvalue weighted by molar-refractivity contribution is -0.127. The molecule has 1 amide bonds. The van der Waals surface area contributed by atoms with Crippen LogP contribution < -0.4 is 10.1 Å². The summed E-state index contributed by atoms with van der Waals surface area (Å²) in [5.41, 5.74) is 1.14. The summed E-state index contributed by atoms with van der Waals surface area (Å²) >= 11 is 0. The molecule has 0 unspecified atom stereocenters. The lowest BCUT2D eigenvalue weighted by Gasteiger charge is -2.20. The second-order valence-corrected chi connectivity index (χ2v) is 6.62. The van der Waals surface area contributed by atoms with E-state index >= 15 is 0 Å². The van der Waals surface area contributed by atoms with Gasteiger partial charge in [0.25, 0.3) is 5.91 Å². The predicted octanol–water partition coefficient (Wildman–Crippen LogP) is 3.40. The van der Waals surface area contributed by atoms with Crippen LogP contribution in [0.3, 0.4) is 0 Å². The number of hydrogen-bond donors (Lipinski definition) is 1. The van der Waals surface area contributed by atoms with Crippen LogP contribution in [0, 0.1) is 0 Å². The number of likely N-dealkylation sites (tertiary alicyclic amines) is 1. The van der Waals surface area contributed by atoms with Crippen molar-refractivity contribution in [2.75, 3.05) is 26.2 Å². The van der Waals surface area contributed by atoms with E-state index < -0.39 is 6.10 Å². The van der Waals surface area contributed by atoms with E-state index in [0.717, 1.165) is 37.2 Å². The summed E-state index contributed by atoms with van der Waals surface area (Å²) in [6, 6.07) is 7.92. The van der Waals surface area contributed by atoms with E-state index in [1.807, 2.05) is 31.2 Å². The Labute approximate surface area is 146 Å². The van der Waals surface area contributed by atoms with Crippen molar-refractivity contribution in [3.8, 4) is 5.75 Å². The number of benzene rings is 1. The quantitative estimate of drug-likeness (QED) is 0.742. The van der Waals surface area contributed by atoms with Crippen LogP contribution in [0.15, 0.2) is 24.3 Å². The van der Waals surface area contributed by atoms with Gasteiger partial charge in [0.05, 0.1) is 0 Å². The Hall–Kier alpha value is -1.55. The van der Waals surface area contributed by atoms with Gasteiger partial charge < -0.3 is 15.0 Å². The van der Waals surface area contributed by atoms with E-state index in [4.69, 9.17) is 4.74 Å². The second kappa shape index (κ2) is 10.3. The van der Waals surface area contributed by atoms with Gasteiger partial charge >= 0.3 is 0 Å². The maximum Gasteiger partial charge on any atom is 0.260 e. The first-order chi connectivity index (χ1) is 11.7. The molecule has 0 radical (unpaired) electrons. The number of hydrogen-bond acceptors (Lipinski definition) is 3. The van der Waals surface area contributed by atoms with E-state index in [9.17, 15) is 4.79 Å². The van der Waals surface area contributed by atoms with Crippen LogP contribution in [0.2, 0.25) is 0 Å². The summed E-state index contributed by atoms with van der Waals surface area (Å²) < 4.78 is 5.84. The van der Waals surface area contributed by atoms with Gasteiger partial charge in [0.15, 0.2) is 6.10 Å². The minimum absolute atomic E-state index is 0.0308. The highest BCUT2D eigenvalue weighted by molar-refractivity contribution is 5.80. The predicted molar refractivity (Wildman–Crippen MR) is 98.4 cm³/mol. The van der Waals surface area contributed by atoms with Gasteiger partial charge in [-0.2, -0.15) is 0 Å². The summed E-state index contributed by atoms with van der Waals surface area (Å²) in [6.45, 7) is 8.13. The average Bonchev–Trinajstić information content (AvgIpc) is 2.87.